The van der Waals surface area contributed by atoms with Gasteiger partial charge in [-0.25, -0.2) is 0 Å². The van der Waals surface area contributed by atoms with Crippen LogP contribution in [0.5, 0.6) is 0 Å². The highest BCUT2D eigenvalue weighted by molar-refractivity contribution is 6.00. The predicted octanol–water partition coefficient (Wildman–Crippen LogP) is 7.74. The van der Waals surface area contributed by atoms with Gasteiger partial charge in [0.05, 0.1) is 0 Å². The molecular formula is C38H44F3N3O2. The summed E-state index contributed by atoms with van der Waals surface area (Å²) in [5.74, 6) is -0.0896. The Hall–Kier alpha value is -3.65. The van der Waals surface area contributed by atoms with Crippen LogP contribution in [0.3, 0.4) is 0 Å². The molecule has 5 nitrogen and oxygen atoms in total. The van der Waals surface area contributed by atoms with Gasteiger partial charge in [-0.1, -0.05) is 92.4 Å². The fourth-order valence-electron chi connectivity index (χ4n) is 8.05. The Morgan fingerprint density at radius 3 is 2.04 bits per heavy atom. The Bertz CT molecular complexity index is 1480. The number of hydrogen-bond donors (Lipinski definition) is 2. The number of piperidine rings is 1. The summed E-state index contributed by atoms with van der Waals surface area (Å²) in [4.78, 5) is 29.4. The van der Waals surface area contributed by atoms with Gasteiger partial charge in [-0.05, 0) is 84.9 Å². The molecule has 0 spiro atoms. The van der Waals surface area contributed by atoms with Crippen molar-refractivity contribution >= 4 is 11.8 Å². The lowest BCUT2D eigenvalue weighted by molar-refractivity contribution is -0.141. The number of amides is 2. The lowest BCUT2D eigenvalue weighted by atomic mass is 9.73. The average Bonchev–Trinajstić information content (AvgIpc) is 3.37. The number of likely N-dealkylation sites (tertiary alicyclic amines) is 1. The Balaban J connectivity index is 1.05. The third-order valence-corrected chi connectivity index (χ3v) is 10.4. The molecule has 0 bridgehead atoms. The van der Waals surface area contributed by atoms with E-state index in [0.717, 1.165) is 79.6 Å². The Morgan fingerprint density at radius 2 is 1.39 bits per heavy atom. The van der Waals surface area contributed by atoms with Crippen LogP contribution in [0.15, 0.2) is 72.8 Å². The zero-order chi connectivity index (χ0) is 32.1. The van der Waals surface area contributed by atoms with Crippen LogP contribution in [-0.4, -0.2) is 55.1 Å². The molecule has 1 heterocycles. The molecule has 3 aromatic rings. The van der Waals surface area contributed by atoms with Gasteiger partial charge in [0.2, 0.25) is 5.91 Å². The molecule has 8 heteroatoms. The number of fused-ring (bicyclic) bond motifs is 3. The normalized spacial score (nSPS) is 18.5. The monoisotopic (exact) mass is 631 g/mol. The van der Waals surface area contributed by atoms with Crippen LogP contribution >= 0.6 is 0 Å². The first kappa shape index (κ1) is 32.3. The Labute approximate surface area is 270 Å². The molecule has 1 saturated heterocycles. The zero-order valence-corrected chi connectivity index (χ0v) is 26.4. The van der Waals surface area contributed by atoms with Gasteiger partial charge in [0.25, 0.3) is 5.91 Å². The third-order valence-electron chi connectivity index (χ3n) is 10.4. The first-order chi connectivity index (χ1) is 22.3. The van der Waals surface area contributed by atoms with Crippen LogP contribution in [0.4, 0.5) is 13.2 Å². The first-order valence-corrected chi connectivity index (χ1v) is 16.9. The maximum Gasteiger partial charge on any atom is 0.405 e. The molecule has 3 aliphatic rings. The molecule has 2 N–H and O–H groups in total. The van der Waals surface area contributed by atoms with Crippen molar-refractivity contribution in [2.75, 3.05) is 26.2 Å². The number of unbranched alkanes of at least 4 members (excludes halogenated alkanes) is 1. The first-order valence-electron chi connectivity index (χ1n) is 16.9. The maximum absolute atomic E-state index is 13.7. The van der Waals surface area contributed by atoms with E-state index in [2.05, 4.69) is 21.6 Å². The summed E-state index contributed by atoms with van der Waals surface area (Å²) in [6, 6.07) is 23.4. The second kappa shape index (κ2) is 14.0. The molecule has 2 aliphatic carbocycles. The number of nitrogens with zero attached hydrogens (tertiary/aromatic N) is 1. The summed E-state index contributed by atoms with van der Waals surface area (Å²) in [5.41, 5.74) is 4.21. The van der Waals surface area contributed by atoms with E-state index in [4.69, 9.17) is 0 Å². The quantitative estimate of drug-likeness (QED) is 0.225. The number of nitrogens with one attached hydrogen (secondary N) is 2. The second-order valence-corrected chi connectivity index (χ2v) is 13.3. The van der Waals surface area contributed by atoms with Crippen molar-refractivity contribution in [1.82, 2.24) is 15.5 Å². The lowest BCUT2D eigenvalue weighted by Gasteiger charge is -2.34. The molecule has 0 atom stereocenters. The largest absolute Gasteiger partial charge is 0.405 e. The number of halogens is 3. The topological polar surface area (TPSA) is 61.4 Å². The van der Waals surface area contributed by atoms with E-state index in [1.807, 2.05) is 66.7 Å². The summed E-state index contributed by atoms with van der Waals surface area (Å²) in [6.45, 7) is 1.24. The average molecular weight is 632 g/mol. The molecule has 0 radical (unpaired) electrons. The van der Waals surface area contributed by atoms with Gasteiger partial charge in [0.1, 0.15) is 12.0 Å². The van der Waals surface area contributed by atoms with Crippen LogP contribution in [0.2, 0.25) is 0 Å². The standard InChI is InChI=1S/C38H44F3N3O2/c39-38(40,41)26-42-36(46)37(33-18-8-6-15-30(33)31-16-7-9-19-34(31)37)22-10-11-23-44-24-20-28(21-25-44)43-35(45)32-17-5-4-14-29(32)27-12-2-1-3-13-27/h4-9,14-19,27-28H,1-3,10-13,20-26H2,(H,42,46)(H,43,45). The van der Waals surface area contributed by atoms with Gasteiger partial charge < -0.3 is 15.5 Å². The number of hydrogen-bond acceptors (Lipinski definition) is 3. The SMILES string of the molecule is O=C(NC1CCN(CCCCC2(C(=O)NCC(F)(F)F)c3ccccc3-c3ccccc32)CC1)c1ccccc1C1CCCCC1. The number of carbonyl (C=O) groups excluding carboxylic acids is 2. The van der Waals surface area contributed by atoms with Crippen molar-refractivity contribution in [3.8, 4) is 11.1 Å². The highest BCUT2D eigenvalue weighted by Crippen LogP contribution is 2.51. The molecule has 6 rings (SSSR count). The summed E-state index contributed by atoms with van der Waals surface area (Å²) >= 11 is 0. The van der Waals surface area contributed by atoms with Crippen molar-refractivity contribution in [2.45, 2.75) is 87.8 Å². The van der Waals surface area contributed by atoms with E-state index in [1.54, 1.807) is 0 Å². The van der Waals surface area contributed by atoms with Crippen molar-refractivity contribution in [3.05, 3.63) is 95.1 Å². The van der Waals surface area contributed by atoms with Crippen LogP contribution in [0.1, 0.15) is 97.2 Å². The molecule has 0 aromatic heterocycles. The summed E-state index contributed by atoms with van der Waals surface area (Å²) < 4.78 is 39.5. The van der Waals surface area contributed by atoms with Crippen molar-refractivity contribution in [2.24, 2.45) is 0 Å². The molecule has 244 valence electrons. The molecule has 1 saturated carbocycles. The van der Waals surface area contributed by atoms with E-state index in [1.165, 1.54) is 24.8 Å². The lowest BCUT2D eigenvalue weighted by Crippen LogP contribution is -2.47. The van der Waals surface area contributed by atoms with E-state index in [-0.39, 0.29) is 11.9 Å². The highest BCUT2D eigenvalue weighted by atomic mass is 19.4. The van der Waals surface area contributed by atoms with E-state index < -0.39 is 24.0 Å². The van der Waals surface area contributed by atoms with Crippen LogP contribution < -0.4 is 10.6 Å². The smallest absolute Gasteiger partial charge is 0.349 e. The number of rotatable bonds is 10. The number of alkyl halides is 3. The summed E-state index contributed by atoms with van der Waals surface area (Å²) in [6.07, 6.45) is 5.25. The molecule has 2 fully saturated rings. The zero-order valence-electron chi connectivity index (χ0n) is 26.4. The number of carbonyl (C=O) groups is 2. The Morgan fingerprint density at radius 1 is 0.783 bits per heavy atom. The summed E-state index contributed by atoms with van der Waals surface area (Å²) in [5, 5.41) is 5.53. The van der Waals surface area contributed by atoms with Gasteiger partial charge in [-0.3, -0.25) is 9.59 Å². The summed E-state index contributed by atoms with van der Waals surface area (Å²) in [7, 11) is 0. The van der Waals surface area contributed by atoms with Crippen LogP contribution in [-0.2, 0) is 10.2 Å². The van der Waals surface area contributed by atoms with Gasteiger partial charge >= 0.3 is 6.18 Å². The minimum absolute atomic E-state index is 0.0332. The molecule has 1 aliphatic heterocycles. The van der Waals surface area contributed by atoms with Crippen molar-refractivity contribution in [3.63, 3.8) is 0 Å². The molecular weight excluding hydrogens is 587 g/mol. The third kappa shape index (κ3) is 6.87. The van der Waals surface area contributed by atoms with Crippen molar-refractivity contribution in [1.29, 1.82) is 0 Å². The fraction of sp³-hybridized carbons (Fsp3) is 0.474. The Kier molecular flexibility index (Phi) is 9.83. The van der Waals surface area contributed by atoms with Gasteiger partial charge in [0, 0.05) is 24.7 Å². The molecule has 3 aromatic carbocycles. The minimum Gasteiger partial charge on any atom is -0.349 e. The minimum atomic E-state index is -4.49. The molecule has 0 unspecified atom stereocenters. The van der Waals surface area contributed by atoms with Crippen LogP contribution in [0.25, 0.3) is 11.1 Å². The van der Waals surface area contributed by atoms with E-state index in [0.29, 0.717) is 18.8 Å². The van der Waals surface area contributed by atoms with E-state index >= 15 is 0 Å². The molecule has 46 heavy (non-hydrogen) atoms. The molecule has 2 amide bonds. The van der Waals surface area contributed by atoms with Gasteiger partial charge in [-0.2, -0.15) is 13.2 Å². The predicted molar refractivity (Wildman–Crippen MR) is 175 cm³/mol. The second-order valence-electron chi connectivity index (χ2n) is 13.3. The number of benzene rings is 3. The highest BCUT2D eigenvalue weighted by Gasteiger charge is 2.49. The van der Waals surface area contributed by atoms with Gasteiger partial charge in [0.15, 0.2) is 0 Å². The maximum atomic E-state index is 13.7. The van der Waals surface area contributed by atoms with Crippen molar-refractivity contribution < 1.29 is 22.8 Å². The van der Waals surface area contributed by atoms with Crippen LogP contribution in [0, 0.1) is 0 Å². The van der Waals surface area contributed by atoms with E-state index in [9.17, 15) is 22.8 Å². The fourth-order valence-corrected chi connectivity index (χ4v) is 8.05. The van der Waals surface area contributed by atoms with Gasteiger partial charge in [-0.15, -0.1) is 0 Å².